The highest BCUT2D eigenvalue weighted by atomic mass is 32.2. The van der Waals surface area contributed by atoms with Crippen molar-refractivity contribution in [3.63, 3.8) is 0 Å². The Morgan fingerprint density at radius 3 is 1.96 bits per heavy atom. The molecule has 3 nitrogen and oxygen atoms in total. The smallest absolute Gasteiger partial charge is 0.265 e. The lowest BCUT2D eigenvalue weighted by molar-refractivity contribution is 0.357. The van der Waals surface area contributed by atoms with Crippen molar-refractivity contribution >= 4 is 10.1 Å². The van der Waals surface area contributed by atoms with Crippen LogP contribution >= 0.6 is 0 Å². The number of hydrogen-bond acceptors (Lipinski definition) is 2. The predicted octanol–water partition coefficient (Wildman–Crippen LogP) is 5.69. The molecule has 0 bridgehead atoms. The van der Waals surface area contributed by atoms with Gasteiger partial charge in [-0.2, -0.15) is 8.42 Å². The Bertz CT molecular complexity index is 465. The molecule has 1 aliphatic carbocycles. The zero-order valence-electron chi connectivity index (χ0n) is 14.7. The Hall–Kier alpha value is -0.610. The average Bonchev–Trinajstić information content (AvgIpc) is 2.48. The highest BCUT2D eigenvalue weighted by molar-refractivity contribution is 7.85. The maximum atomic E-state index is 11.3. The molecular weight excluding hydrogens is 308 g/mol. The SMILES string of the molecule is CCCCCCCCCCCCC1(CS(=O)(=O)O)C=CC=CC1. The second kappa shape index (κ2) is 11.0. The normalized spacial score (nSPS) is 21.0. The Labute approximate surface area is 143 Å². The molecule has 1 rings (SSSR count). The second-order valence-corrected chi connectivity index (χ2v) is 8.46. The molecule has 1 atom stereocenters. The standard InChI is InChI=1S/C19H34O3S/c1-2-3-4-5-6-7-8-9-10-12-15-19(18-23(20,21)22)16-13-11-14-17-19/h11,13-14,16H,2-10,12,15,17-18H2,1H3,(H,20,21,22). The summed E-state index contributed by atoms with van der Waals surface area (Å²) in [4.78, 5) is 0. The maximum Gasteiger partial charge on any atom is 0.265 e. The summed E-state index contributed by atoms with van der Waals surface area (Å²) < 4.78 is 31.8. The molecule has 0 fully saturated rings. The van der Waals surface area contributed by atoms with Crippen LogP contribution in [0.4, 0.5) is 0 Å². The molecule has 1 N–H and O–H groups in total. The van der Waals surface area contributed by atoms with Crippen molar-refractivity contribution < 1.29 is 13.0 Å². The Kier molecular flexibility index (Phi) is 9.80. The summed E-state index contributed by atoms with van der Waals surface area (Å²) in [6.07, 6.45) is 22.1. The number of rotatable bonds is 13. The third-order valence-electron chi connectivity index (χ3n) is 4.72. The minimum Gasteiger partial charge on any atom is -0.286 e. The van der Waals surface area contributed by atoms with Crippen molar-refractivity contribution in [1.29, 1.82) is 0 Å². The van der Waals surface area contributed by atoms with Gasteiger partial charge in [-0.25, -0.2) is 0 Å². The van der Waals surface area contributed by atoms with Crippen molar-refractivity contribution in [3.05, 3.63) is 24.3 Å². The fourth-order valence-corrected chi connectivity index (χ4v) is 4.49. The summed E-state index contributed by atoms with van der Waals surface area (Å²) >= 11 is 0. The van der Waals surface area contributed by atoms with Crippen LogP contribution in [0.2, 0.25) is 0 Å². The molecule has 23 heavy (non-hydrogen) atoms. The van der Waals surface area contributed by atoms with Crippen LogP contribution in [0.15, 0.2) is 24.3 Å². The molecule has 0 aromatic carbocycles. The van der Waals surface area contributed by atoms with Crippen molar-refractivity contribution in [2.24, 2.45) is 5.41 Å². The Morgan fingerprint density at radius 1 is 0.913 bits per heavy atom. The van der Waals surface area contributed by atoms with Gasteiger partial charge in [0.1, 0.15) is 0 Å². The van der Waals surface area contributed by atoms with E-state index in [4.69, 9.17) is 0 Å². The highest BCUT2D eigenvalue weighted by Gasteiger charge is 2.31. The molecule has 0 aromatic heterocycles. The van der Waals surface area contributed by atoms with Gasteiger partial charge >= 0.3 is 0 Å². The van der Waals surface area contributed by atoms with Crippen LogP contribution in [0.1, 0.15) is 84.0 Å². The van der Waals surface area contributed by atoms with E-state index in [1.807, 2.05) is 24.3 Å². The minimum absolute atomic E-state index is 0.154. The number of allylic oxidation sites excluding steroid dienone is 4. The van der Waals surface area contributed by atoms with Crippen molar-refractivity contribution in [3.8, 4) is 0 Å². The molecule has 0 radical (unpaired) electrons. The van der Waals surface area contributed by atoms with E-state index in [2.05, 4.69) is 6.92 Å². The number of hydrogen-bond donors (Lipinski definition) is 1. The third kappa shape index (κ3) is 9.98. The Morgan fingerprint density at radius 2 is 1.48 bits per heavy atom. The highest BCUT2D eigenvalue weighted by Crippen LogP contribution is 2.35. The molecule has 134 valence electrons. The van der Waals surface area contributed by atoms with E-state index in [0.717, 1.165) is 19.3 Å². The van der Waals surface area contributed by atoms with Gasteiger partial charge < -0.3 is 0 Å². The first-order valence-corrected chi connectivity index (χ1v) is 10.9. The first-order chi connectivity index (χ1) is 11.0. The average molecular weight is 343 g/mol. The summed E-state index contributed by atoms with van der Waals surface area (Å²) in [5.41, 5.74) is -0.400. The Balaban J connectivity index is 2.17. The van der Waals surface area contributed by atoms with Crippen LogP contribution in [-0.2, 0) is 10.1 Å². The van der Waals surface area contributed by atoms with Gasteiger partial charge in [0.2, 0.25) is 0 Å². The predicted molar refractivity (Wildman–Crippen MR) is 98.2 cm³/mol. The van der Waals surface area contributed by atoms with Crippen LogP contribution in [-0.4, -0.2) is 18.7 Å². The monoisotopic (exact) mass is 342 g/mol. The van der Waals surface area contributed by atoms with Crippen molar-refractivity contribution in [1.82, 2.24) is 0 Å². The number of unbranched alkanes of at least 4 members (excludes halogenated alkanes) is 9. The summed E-state index contributed by atoms with van der Waals surface area (Å²) in [6.45, 7) is 2.24. The molecule has 4 heteroatoms. The van der Waals surface area contributed by atoms with E-state index in [9.17, 15) is 13.0 Å². The molecule has 1 unspecified atom stereocenters. The molecule has 0 aliphatic heterocycles. The molecule has 1 aliphatic rings. The molecule has 0 spiro atoms. The summed E-state index contributed by atoms with van der Waals surface area (Å²) in [7, 11) is -3.93. The molecule has 0 saturated heterocycles. The van der Waals surface area contributed by atoms with E-state index in [1.54, 1.807) is 0 Å². The zero-order valence-corrected chi connectivity index (χ0v) is 15.5. The molecule has 0 amide bonds. The lowest BCUT2D eigenvalue weighted by Crippen LogP contribution is -2.28. The largest absolute Gasteiger partial charge is 0.286 e. The van der Waals surface area contributed by atoms with Crippen molar-refractivity contribution in [2.75, 3.05) is 5.75 Å². The summed E-state index contributed by atoms with van der Waals surface area (Å²) in [6, 6.07) is 0. The van der Waals surface area contributed by atoms with Gasteiger partial charge in [0.25, 0.3) is 10.1 Å². The lowest BCUT2D eigenvalue weighted by Gasteiger charge is -2.30. The first-order valence-electron chi connectivity index (χ1n) is 9.27. The van der Waals surface area contributed by atoms with Gasteiger partial charge in [0.15, 0.2) is 0 Å². The van der Waals surface area contributed by atoms with Gasteiger partial charge in [-0.3, -0.25) is 4.55 Å². The molecule has 0 saturated carbocycles. The molecule has 0 heterocycles. The van der Waals surface area contributed by atoms with Crippen LogP contribution in [0.25, 0.3) is 0 Å². The first kappa shape index (κ1) is 20.4. The van der Waals surface area contributed by atoms with Gasteiger partial charge in [-0.1, -0.05) is 95.4 Å². The van der Waals surface area contributed by atoms with E-state index in [-0.39, 0.29) is 5.75 Å². The van der Waals surface area contributed by atoms with Gasteiger partial charge in [0, 0.05) is 5.41 Å². The topological polar surface area (TPSA) is 54.4 Å². The minimum atomic E-state index is -3.93. The molecule has 0 aromatic rings. The maximum absolute atomic E-state index is 11.3. The zero-order chi connectivity index (χ0) is 17.0. The van der Waals surface area contributed by atoms with E-state index < -0.39 is 15.5 Å². The lowest BCUT2D eigenvalue weighted by atomic mass is 9.79. The fourth-order valence-electron chi connectivity index (χ4n) is 3.40. The van der Waals surface area contributed by atoms with E-state index >= 15 is 0 Å². The van der Waals surface area contributed by atoms with Gasteiger partial charge in [-0.15, -0.1) is 0 Å². The van der Waals surface area contributed by atoms with Gasteiger partial charge in [0.05, 0.1) is 5.75 Å². The van der Waals surface area contributed by atoms with E-state index in [0.29, 0.717) is 6.42 Å². The second-order valence-electron chi connectivity index (χ2n) is 7.01. The van der Waals surface area contributed by atoms with Gasteiger partial charge in [-0.05, 0) is 12.8 Å². The summed E-state index contributed by atoms with van der Waals surface area (Å²) in [5.74, 6) is -0.154. The van der Waals surface area contributed by atoms with Crippen LogP contribution in [0.3, 0.4) is 0 Å². The van der Waals surface area contributed by atoms with Crippen LogP contribution in [0.5, 0.6) is 0 Å². The third-order valence-corrected chi connectivity index (χ3v) is 5.66. The quantitative estimate of drug-likeness (QED) is 0.345. The fraction of sp³-hybridized carbons (Fsp3) is 0.789. The summed E-state index contributed by atoms with van der Waals surface area (Å²) in [5, 5.41) is 0. The van der Waals surface area contributed by atoms with E-state index in [1.165, 1.54) is 51.4 Å². The van der Waals surface area contributed by atoms with Crippen LogP contribution in [0, 0.1) is 5.41 Å². The molecular formula is C19H34O3S. The van der Waals surface area contributed by atoms with Crippen molar-refractivity contribution in [2.45, 2.75) is 84.0 Å². The van der Waals surface area contributed by atoms with Crippen LogP contribution < -0.4 is 0 Å².